The molecule has 172 valence electrons. The van der Waals surface area contributed by atoms with Gasteiger partial charge in [-0.05, 0) is 54.5 Å². The summed E-state index contributed by atoms with van der Waals surface area (Å²) in [5.74, 6) is -0.674. The molecule has 0 saturated carbocycles. The molecule has 1 fully saturated rings. The first kappa shape index (κ1) is 23.1. The highest BCUT2D eigenvalue weighted by Gasteiger charge is 2.31. The van der Waals surface area contributed by atoms with E-state index < -0.39 is 12.2 Å². The first-order valence-electron chi connectivity index (χ1n) is 10.3. The van der Waals surface area contributed by atoms with Crippen molar-refractivity contribution in [3.63, 3.8) is 0 Å². The second-order valence-electron chi connectivity index (χ2n) is 7.66. The van der Waals surface area contributed by atoms with Gasteiger partial charge in [-0.1, -0.05) is 29.3 Å². The van der Waals surface area contributed by atoms with Crippen molar-refractivity contribution in [2.45, 2.75) is 25.5 Å². The zero-order valence-electron chi connectivity index (χ0n) is 17.4. The fraction of sp³-hybridized carbons (Fsp3) is 0.318. The van der Waals surface area contributed by atoms with Gasteiger partial charge in [-0.2, -0.15) is 4.80 Å². The SMILES string of the molecule is O=C(c1ccc(F)cc1)C1CCN(C(=O)OC(Cn2ncnn2)c2ccc(Cl)cc2Cl)CC1. The standard InChI is InChI=1S/C22H20Cl2FN5O3/c23-16-3-6-18(19(24)11-16)20(12-30-27-13-26-28-30)33-22(32)29-9-7-15(8-10-29)21(31)14-1-4-17(25)5-2-14/h1-6,11,13,15,20H,7-10,12H2. The van der Waals surface area contributed by atoms with Gasteiger partial charge in [0.05, 0.1) is 0 Å². The van der Waals surface area contributed by atoms with Gasteiger partial charge in [-0.15, -0.1) is 10.2 Å². The van der Waals surface area contributed by atoms with Crippen LogP contribution in [0.5, 0.6) is 0 Å². The number of aromatic nitrogens is 4. The van der Waals surface area contributed by atoms with Crippen LogP contribution in [0.1, 0.15) is 34.9 Å². The van der Waals surface area contributed by atoms with Crippen LogP contribution in [-0.4, -0.2) is 50.1 Å². The van der Waals surface area contributed by atoms with Crippen molar-refractivity contribution in [2.24, 2.45) is 5.92 Å². The first-order valence-corrected chi connectivity index (χ1v) is 11.1. The van der Waals surface area contributed by atoms with Crippen LogP contribution in [-0.2, 0) is 11.3 Å². The lowest BCUT2D eigenvalue weighted by molar-refractivity contribution is 0.0408. The van der Waals surface area contributed by atoms with Gasteiger partial charge >= 0.3 is 6.09 Å². The van der Waals surface area contributed by atoms with Crippen molar-refractivity contribution in [1.29, 1.82) is 0 Å². The summed E-state index contributed by atoms with van der Waals surface area (Å²) in [6.45, 7) is 0.838. The zero-order chi connectivity index (χ0) is 23.4. The number of hydrogen-bond acceptors (Lipinski definition) is 6. The maximum atomic E-state index is 13.1. The van der Waals surface area contributed by atoms with Gasteiger partial charge in [-0.25, -0.2) is 9.18 Å². The lowest BCUT2D eigenvalue weighted by Crippen LogP contribution is -2.41. The molecular weight excluding hydrogens is 472 g/mol. The third kappa shape index (κ3) is 5.66. The third-order valence-electron chi connectivity index (χ3n) is 5.53. The van der Waals surface area contributed by atoms with Crippen LogP contribution in [0, 0.1) is 11.7 Å². The molecule has 0 aliphatic carbocycles. The van der Waals surface area contributed by atoms with Crippen LogP contribution in [0.3, 0.4) is 0 Å². The number of tetrazole rings is 1. The van der Waals surface area contributed by atoms with E-state index in [0.29, 0.717) is 47.1 Å². The normalized spacial score (nSPS) is 15.3. The number of benzene rings is 2. The molecule has 3 aromatic rings. The van der Waals surface area contributed by atoms with Gasteiger partial charge in [0, 0.05) is 40.2 Å². The number of carbonyl (C=O) groups is 2. The van der Waals surface area contributed by atoms with Gasteiger partial charge in [0.1, 0.15) is 12.4 Å². The van der Waals surface area contributed by atoms with E-state index in [0.717, 1.165) is 0 Å². The molecular formula is C22H20Cl2FN5O3. The Labute approximate surface area is 199 Å². The lowest BCUT2D eigenvalue weighted by atomic mass is 9.89. The quantitative estimate of drug-likeness (QED) is 0.468. The largest absolute Gasteiger partial charge is 0.439 e. The summed E-state index contributed by atoms with van der Waals surface area (Å²) in [4.78, 5) is 28.5. The van der Waals surface area contributed by atoms with Crippen molar-refractivity contribution < 1.29 is 18.7 Å². The highest BCUT2D eigenvalue weighted by Crippen LogP contribution is 2.31. The van der Waals surface area contributed by atoms with Crippen LogP contribution < -0.4 is 0 Å². The second-order valence-corrected chi connectivity index (χ2v) is 8.51. The van der Waals surface area contributed by atoms with E-state index in [1.807, 2.05) is 0 Å². The Kier molecular flexibility index (Phi) is 7.20. The summed E-state index contributed by atoms with van der Waals surface area (Å²) >= 11 is 12.3. The van der Waals surface area contributed by atoms with Crippen LogP contribution in [0.25, 0.3) is 0 Å². The molecule has 2 heterocycles. The predicted octanol–water partition coefficient (Wildman–Crippen LogP) is 4.59. The topological polar surface area (TPSA) is 90.2 Å². The van der Waals surface area contributed by atoms with Gasteiger partial charge in [0.2, 0.25) is 0 Å². The summed E-state index contributed by atoms with van der Waals surface area (Å²) in [6.07, 6.45) is 0.962. The summed E-state index contributed by atoms with van der Waals surface area (Å²) in [5.41, 5.74) is 1.03. The fourth-order valence-electron chi connectivity index (χ4n) is 3.75. The molecule has 0 spiro atoms. The van der Waals surface area contributed by atoms with E-state index in [1.54, 1.807) is 23.1 Å². The van der Waals surface area contributed by atoms with Crippen LogP contribution in [0.4, 0.5) is 9.18 Å². The Morgan fingerprint density at radius 3 is 2.48 bits per heavy atom. The summed E-state index contributed by atoms with van der Waals surface area (Å²) < 4.78 is 18.9. The van der Waals surface area contributed by atoms with Crippen molar-refractivity contribution in [3.05, 3.63) is 75.8 Å². The molecule has 11 heteroatoms. The second kappa shape index (κ2) is 10.3. The number of ketones is 1. The average molecular weight is 492 g/mol. The Bertz CT molecular complexity index is 1120. The number of ether oxygens (including phenoxy) is 1. The number of nitrogens with zero attached hydrogens (tertiary/aromatic N) is 5. The van der Waals surface area contributed by atoms with E-state index in [9.17, 15) is 14.0 Å². The maximum absolute atomic E-state index is 13.1. The van der Waals surface area contributed by atoms with Crippen molar-refractivity contribution in [3.8, 4) is 0 Å². The number of likely N-dealkylation sites (tertiary alicyclic amines) is 1. The molecule has 1 unspecified atom stereocenters. The average Bonchev–Trinajstić information content (AvgIpc) is 3.32. The molecule has 1 atom stereocenters. The molecule has 0 bridgehead atoms. The number of Topliss-reactive ketones (excluding diaryl/α,β-unsaturated/α-hetero) is 1. The van der Waals surface area contributed by atoms with E-state index in [4.69, 9.17) is 27.9 Å². The number of piperidine rings is 1. The van der Waals surface area contributed by atoms with E-state index >= 15 is 0 Å². The molecule has 1 amide bonds. The minimum atomic E-state index is -0.768. The van der Waals surface area contributed by atoms with Crippen LogP contribution >= 0.6 is 23.2 Å². The van der Waals surface area contributed by atoms with Crippen LogP contribution in [0.15, 0.2) is 48.8 Å². The number of rotatable bonds is 6. The smallest absolute Gasteiger partial charge is 0.410 e. The van der Waals surface area contributed by atoms with Gasteiger partial charge < -0.3 is 9.64 Å². The van der Waals surface area contributed by atoms with Gasteiger partial charge in [0.25, 0.3) is 0 Å². The minimum absolute atomic E-state index is 0.0499. The zero-order valence-corrected chi connectivity index (χ0v) is 18.9. The van der Waals surface area contributed by atoms with Gasteiger partial charge in [0.15, 0.2) is 18.2 Å². The van der Waals surface area contributed by atoms with Gasteiger partial charge in [-0.3, -0.25) is 4.79 Å². The Morgan fingerprint density at radius 2 is 1.85 bits per heavy atom. The molecule has 0 N–H and O–H groups in total. The molecule has 8 nitrogen and oxygen atoms in total. The molecule has 1 aliphatic heterocycles. The third-order valence-corrected chi connectivity index (χ3v) is 6.09. The molecule has 0 radical (unpaired) electrons. The van der Waals surface area contributed by atoms with E-state index in [2.05, 4.69) is 15.4 Å². The maximum Gasteiger partial charge on any atom is 0.410 e. The molecule has 4 rings (SSSR count). The molecule has 2 aromatic carbocycles. The summed E-state index contributed by atoms with van der Waals surface area (Å²) in [7, 11) is 0. The Morgan fingerprint density at radius 1 is 1.12 bits per heavy atom. The van der Waals surface area contributed by atoms with Crippen molar-refractivity contribution in [1.82, 2.24) is 25.1 Å². The Hall–Kier alpha value is -3.04. The summed E-state index contributed by atoms with van der Waals surface area (Å²) in [5, 5.41) is 12.3. The fourth-order valence-corrected chi connectivity index (χ4v) is 4.28. The number of hydrogen-bond donors (Lipinski definition) is 0. The molecule has 1 aliphatic rings. The first-order chi connectivity index (χ1) is 15.9. The monoisotopic (exact) mass is 491 g/mol. The van der Waals surface area contributed by atoms with Crippen LogP contribution in [0.2, 0.25) is 10.0 Å². The lowest BCUT2D eigenvalue weighted by Gasteiger charge is -2.32. The predicted molar refractivity (Wildman–Crippen MR) is 119 cm³/mol. The molecule has 1 aromatic heterocycles. The summed E-state index contributed by atoms with van der Waals surface area (Å²) in [6, 6.07) is 10.4. The molecule has 33 heavy (non-hydrogen) atoms. The number of halogens is 3. The number of amides is 1. The van der Waals surface area contributed by atoms with E-state index in [1.165, 1.54) is 35.4 Å². The highest BCUT2D eigenvalue weighted by molar-refractivity contribution is 6.35. The van der Waals surface area contributed by atoms with Crippen molar-refractivity contribution in [2.75, 3.05) is 13.1 Å². The minimum Gasteiger partial charge on any atom is -0.439 e. The Balaban J connectivity index is 1.41. The highest BCUT2D eigenvalue weighted by atomic mass is 35.5. The number of carbonyl (C=O) groups excluding carboxylic acids is 2. The van der Waals surface area contributed by atoms with E-state index in [-0.39, 0.29) is 24.1 Å². The molecule has 1 saturated heterocycles. The van der Waals surface area contributed by atoms with Crippen molar-refractivity contribution >= 4 is 35.1 Å².